The molecule has 0 saturated heterocycles. The molecule has 0 aliphatic carbocycles. The van der Waals surface area contributed by atoms with Crippen LogP contribution in [0.5, 0.6) is 0 Å². The number of carbonyl (C=O) groups excluding carboxylic acids is 1. The third kappa shape index (κ3) is 4.44. The normalized spacial score (nSPS) is 11.4. The van der Waals surface area contributed by atoms with Crippen molar-refractivity contribution in [1.82, 2.24) is 10.3 Å². The maximum atomic E-state index is 13.0. The van der Waals surface area contributed by atoms with Crippen molar-refractivity contribution in [1.29, 1.82) is 0 Å². The molecule has 0 radical (unpaired) electrons. The molecule has 0 saturated carbocycles. The number of fused-ring (bicyclic) bond motifs is 1. The number of rotatable bonds is 7. The number of aromatic amines is 1. The smallest absolute Gasteiger partial charge is 0.261 e. The lowest BCUT2D eigenvalue weighted by Gasteiger charge is -2.12. The van der Waals surface area contributed by atoms with E-state index in [2.05, 4.69) is 15.0 Å². The number of hydrogen-bond donors (Lipinski definition) is 3. The zero-order valence-corrected chi connectivity index (χ0v) is 18.8. The summed E-state index contributed by atoms with van der Waals surface area (Å²) in [6.45, 7) is 2.25. The minimum Gasteiger partial charge on any atom is -0.360 e. The van der Waals surface area contributed by atoms with E-state index >= 15 is 0 Å². The van der Waals surface area contributed by atoms with E-state index < -0.39 is 21.4 Å². The Bertz CT molecular complexity index is 1440. The number of amides is 1. The number of H-pyrrole nitrogens is 1. The Labute approximate surface area is 189 Å². The molecule has 4 rings (SSSR count). The van der Waals surface area contributed by atoms with Crippen LogP contribution in [0.1, 0.15) is 27.7 Å². The molecular formula is C23H21N3O4S2. The van der Waals surface area contributed by atoms with Crippen LogP contribution in [0.2, 0.25) is 0 Å². The molecule has 7 nitrogen and oxygen atoms in total. The standard InChI is InChI=1S/C23H21N3O4S2/c1-2-15-6-3-4-8-20(15)26-32(29,30)17-9-10-21-18(12-17)22(27)19(14-24-21)23(28)25-13-16-7-5-11-31-16/h3-12,14,26H,2,13H2,1H3,(H,24,27)(H,25,28). The maximum Gasteiger partial charge on any atom is 0.261 e. The van der Waals surface area contributed by atoms with Crippen LogP contribution in [0.25, 0.3) is 10.9 Å². The summed E-state index contributed by atoms with van der Waals surface area (Å²) in [6, 6.07) is 15.1. The number of para-hydroxylation sites is 1. The zero-order valence-electron chi connectivity index (χ0n) is 17.2. The number of anilines is 1. The maximum absolute atomic E-state index is 13.0. The van der Waals surface area contributed by atoms with Crippen molar-refractivity contribution in [3.63, 3.8) is 0 Å². The molecule has 0 spiro atoms. The van der Waals surface area contributed by atoms with Crippen LogP contribution in [0, 0.1) is 0 Å². The molecule has 164 valence electrons. The number of benzene rings is 2. The molecule has 1 amide bonds. The summed E-state index contributed by atoms with van der Waals surface area (Å²) in [4.78, 5) is 29.3. The summed E-state index contributed by atoms with van der Waals surface area (Å²) < 4.78 is 28.5. The van der Waals surface area contributed by atoms with Crippen LogP contribution in [-0.2, 0) is 23.0 Å². The second kappa shape index (κ2) is 8.97. The summed E-state index contributed by atoms with van der Waals surface area (Å²) in [5.74, 6) is -0.523. The van der Waals surface area contributed by atoms with Crippen molar-refractivity contribution in [3.05, 3.63) is 92.4 Å². The average Bonchev–Trinajstić information content (AvgIpc) is 3.31. The van der Waals surface area contributed by atoms with Crippen molar-refractivity contribution in [2.24, 2.45) is 0 Å². The molecule has 0 atom stereocenters. The molecule has 0 bridgehead atoms. The molecule has 0 unspecified atom stereocenters. The van der Waals surface area contributed by atoms with E-state index in [1.807, 2.05) is 36.6 Å². The number of hydrogen-bond acceptors (Lipinski definition) is 5. The summed E-state index contributed by atoms with van der Waals surface area (Å²) in [5, 5.41) is 4.75. The minimum absolute atomic E-state index is 0.0578. The van der Waals surface area contributed by atoms with E-state index in [0.29, 0.717) is 24.2 Å². The first-order chi connectivity index (χ1) is 15.4. The van der Waals surface area contributed by atoms with E-state index in [1.165, 1.54) is 35.7 Å². The summed E-state index contributed by atoms with van der Waals surface area (Å²) in [5.41, 5.74) is 1.18. The predicted octanol–water partition coefficient (Wildman–Crippen LogP) is 3.88. The second-order valence-corrected chi connectivity index (χ2v) is 9.83. The lowest BCUT2D eigenvalue weighted by Crippen LogP contribution is -2.28. The van der Waals surface area contributed by atoms with Gasteiger partial charge in [0.25, 0.3) is 15.9 Å². The van der Waals surface area contributed by atoms with Crippen molar-refractivity contribution in [2.45, 2.75) is 24.8 Å². The summed E-state index contributed by atoms with van der Waals surface area (Å²) >= 11 is 1.50. The molecule has 9 heteroatoms. The highest BCUT2D eigenvalue weighted by Crippen LogP contribution is 2.22. The molecule has 3 N–H and O–H groups in total. The highest BCUT2D eigenvalue weighted by molar-refractivity contribution is 7.92. The van der Waals surface area contributed by atoms with E-state index in [4.69, 9.17) is 0 Å². The van der Waals surface area contributed by atoms with Gasteiger partial charge in [-0.3, -0.25) is 14.3 Å². The molecule has 2 aromatic heterocycles. The molecule has 32 heavy (non-hydrogen) atoms. The number of sulfonamides is 1. The molecule has 0 aliphatic rings. The number of carbonyl (C=O) groups is 1. The first-order valence-electron chi connectivity index (χ1n) is 9.96. The number of aryl methyl sites for hydroxylation is 1. The van der Waals surface area contributed by atoms with Gasteiger partial charge in [-0.15, -0.1) is 11.3 Å². The lowest BCUT2D eigenvalue weighted by atomic mass is 10.1. The third-order valence-corrected chi connectivity index (χ3v) is 7.29. The van der Waals surface area contributed by atoms with Crippen LogP contribution in [-0.4, -0.2) is 19.3 Å². The van der Waals surface area contributed by atoms with E-state index in [9.17, 15) is 18.0 Å². The van der Waals surface area contributed by atoms with Gasteiger partial charge in [-0.05, 0) is 47.7 Å². The fraction of sp³-hybridized carbons (Fsp3) is 0.130. The van der Waals surface area contributed by atoms with E-state index in [1.54, 1.807) is 12.1 Å². The predicted molar refractivity (Wildman–Crippen MR) is 127 cm³/mol. The van der Waals surface area contributed by atoms with Crippen molar-refractivity contribution in [2.75, 3.05) is 4.72 Å². The third-order valence-electron chi connectivity index (χ3n) is 5.05. The van der Waals surface area contributed by atoms with E-state index in [0.717, 1.165) is 10.4 Å². The molecular weight excluding hydrogens is 446 g/mol. The van der Waals surface area contributed by atoms with Gasteiger partial charge in [0, 0.05) is 22.0 Å². The van der Waals surface area contributed by atoms with Gasteiger partial charge < -0.3 is 10.3 Å². The Morgan fingerprint density at radius 1 is 1.09 bits per heavy atom. The minimum atomic E-state index is -3.93. The van der Waals surface area contributed by atoms with E-state index in [-0.39, 0.29) is 15.8 Å². The largest absolute Gasteiger partial charge is 0.360 e. The molecule has 0 fully saturated rings. The van der Waals surface area contributed by atoms with Crippen molar-refractivity contribution in [3.8, 4) is 0 Å². The molecule has 2 heterocycles. The highest BCUT2D eigenvalue weighted by Gasteiger charge is 2.19. The highest BCUT2D eigenvalue weighted by atomic mass is 32.2. The van der Waals surface area contributed by atoms with Gasteiger partial charge in [-0.25, -0.2) is 8.42 Å². The van der Waals surface area contributed by atoms with Gasteiger partial charge in [-0.2, -0.15) is 0 Å². The SMILES string of the molecule is CCc1ccccc1NS(=O)(=O)c1ccc2[nH]cc(C(=O)NCc3cccs3)c(=O)c2c1. The first kappa shape index (κ1) is 21.8. The second-order valence-electron chi connectivity index (χ2n) is 7.12. The zero-order chi connectivity index (χ0) is 22.7. The fourth-order valence-electron chi connectivity index (χ4n) is 3.34. The summed E-state index contributed by atoms with van der Waals surface area (Å²) in [6.07, 6.45) is 2.01. The number of pyridine rings is 1. The van der Waals surface area contributed by atoms with Gasteiger partial charge in [0.2, 0.25) is 5.43 Å². The van der Waals surface area contributed by atoms with Crippen molar-refractivity contribution < 1.29 is 13.2 Å². The van der Waals surface area contributed by atoms with Crippen molar-refractivity contribution >= 4 is 43.9 Å². The molecule has 4 aromatic rings. The Morgan fingerprint density at radius 2 is 1.91 bits per heavy atom. The van der Waals surface area contributed by atoms with Crippen LogP contribution >= 0.6 is 11.3 Å². The Morgan fingerprint density at radius 3 is 2.66 bits per heavy atom. The topological polar surface area (TPSA) is 108 Å². The van der Waals surface area contributed by atoms with Gasteiger partial charge >= 0.3 is 0 Å². The van der Waals surface area contributed by atoms with Crippen LogP contribution in [0.15, 0.2) is 75.9 Å². The first-order valence-corrected chi connectivity index (χ1v) is 12.3. The lowest BCUT2D eigenvalue weighted by molar-refractivity contribution is 0.0950. The number of nitrogens with one attached hydrogen (secondary N) is 3. The van der Waals surface area contributed by atoms with Gasteiger partial charge in [0.05, 0.1) is 17.1 Å². The summed E-state index contributed by atoms with van der Waals surface area (Å²) in [7, 11) is -3.93. The number of thiophene rings is 1. The Balaban J connectivity index is 1.66. The molecule has 0 aliphatic heterocycles. The van der Waals surface area contributed by atoms with Crippen LogP contribution in [0.4, 0.5) is 5.69 Å². The van der Waals surface area contributed by atoms with Gasteiger partial charge in [0.1, 0.15) is 5.56 Å². The van der Waals surface area contributed by atoms with Crippen LogP contribution in [0.3, 0.4) is 0 Å². The van der Waals surface area contributed by atoms with Gasteiger partial charge in [-0.1, -0.05) is 31.2 Å². The number of aromatic nitrogens is 1. The Hall–Kier alpha value is -3.43. The monoisotopic (exact) mass is 467 g/mol. The molecule has 2 aromatic carbocycles. The fourth-order valence-corrected chi connectivity index (χ4v) is 5.11. The Kier molecular flexibility index (Phi) is 6.11. The van der Waals surface area contributed by atoms with Crippen LogP contribution < -0.4 is 15.5 Å². The quantitative estimate of drug-likeness (QED) is 0.383. The van der Waals surface area contributed by atoms with Gasteiger partial charge in [0.15, 0.2) is 0 Å². The average molecular weight is 468 g/mol.